The molecule has 1 aromatic heterocycles. The number of nitrogens with zero attached hydrogens (tertiary/aromatic N) is 2. The Labute approximate surface area is 133 Å². The van der Waals surface area contributed by atoms with Crippen molar-refractivity contribution in [3.63, 3.8) is 0 Å². The summed E-state index contributed by atoms with van der Waals surface area (Å²) < 4.78 is 12.8. The maximum atomic E-state index is 12.8. The molecule has 0 aliphatic carbocycles. The molecule has 0 aliphatic heterocycles. The number of nitrogens with one attached hydrogen (secondary N) is 2. The van der Waals surface area contributed by atoms with Crippen molar-refractivity contribution in [1.82, 2.24) is 15.2 Å². The Bertz CT molecular complexity index is 701. The number of hydrogen-bond donors (Lipinski definition) is 2. The van der Waals surface area contributed by atoms with E-state index in [1.165, 1.54) is 29.3 Å². The number of aromatic nitrogens is 1. The van der Waals surface area contributed by atoms with Gasteiger partial charge in [0.15, 0.2) is 0 Å². The molecule has 0 radical (unpaired) electrons. The van der Waals surface area contributed by atoms with Crippen LogP contribution in [0, 0.1) is 5.82 Å². The van der Waals surface area contributed by atoms with Crippen molar-refractivity contribution in [1.29, 1.82) is 0 Å². The molecular weight excluding hydrogens is 299 g/mol. The first-order chi connectivity index (χ1) is 11.0. The molecule has 0 fully saturated rings. The average molecular weight is 316 g/mol. The zero-order chi connectivity index (χ0) is 16.8. The van der Waals surface area contributed by atoms with Gasteiger partial charge in [0.05, 0.1) is 0 Å². The van der Waals surface area contributed by atoms with E-state index in [9.17, 15) is 14.0 Å². The molecule has 0 saturated heterocycles. The monoisotopic (exact) mass is 316 g/mol. The van der Waals surface area contributed by atoms with Crippen LogP contribution in [0.5, 0.6) is 0 Å². The fourth-order valence-corrected chi connectivity index (χ4v) is 1.81. The molecule has 1 aromatic carbocycles. The quantitative estimate of drug-likeness (QED) is 0.908. The van der Waals surface area contributed by atoms with Crippen LogP contribution in [0.25, 0.3) is 0 Å². The first-order valence-electron chi connectivity index (χ1n) is 6.92. The van der Waals surface area contributed by atoms with E-state index < -0.39 is 6.03 Å². The normalized spacial score (nSPS) is 10.0. The first-order valence-corrected chi connectivity index (χ1v) is 6.92. The molecule has 6 nitrogen and oxygen atoms in total. The minimum absolute atomic E-state index is 0.242. The van der Waals surface area contributed by atoms with E-state index in [1.54, 1.807) is 32.3 Å². The van der Waals surface area contributed by atoms with Crippen molar-refractivity contribution in [2.45, 2.75) is 6.54 Å². The number of halogens is 1. The Morgan fingerprint density at radius 1 is 1.17 bits per heavy atom. The third-order valence-corrected chi connectivity index (χ3v) is 3.01. The molecule has 0 saturated carbocycles. The van der Waals surface area contributed by atoms with Crippen molar-refractivity contribution >= 4 is 17.6 Å². The van der Waals surface area contributed by atoms with Gasteiger partial charge < -0.3 is 15.5 Å². The summed E-state index contributed by atoms with van der Waals surface area (Å²) >= 11 is 0. The second-order valence-electron chi connectivity index (χ2n) is 5.06. The van der Waals surface area contributed by atoms with E-state index in [-0.39, 0.29) is 24.0 Å². The van der Waals surface area contributed by atoms with E-state index >= 15 is 0 Å². The number of carbonyl (C=O) groups is 2. The van der Waals surface area contributed by atoms with Gasteiger partial charge in [0.1, 0.15) is 11.5 Å². The van der Waals surface area contributed by atoms with E-state index in [1.807, 2.05) is 0 Å². The Morgan fingerprint density at radius 3 is 2.52 bits per heavy atom. The molecule has 120 valence electrons. The van der Waals surface area contributed by atoms with Crippen LogP contribution in [0.3, 0.4) is 0 Å². The smallest absolute Gasteiger partial charge is 0.319 e. The van der Waals surface area contributed by atoms with E-state index in [0.29, 0.717) is 5.69 Å². The zero-order valence-corrected chi connectivity index (χ0v) is 12.8. The van der Waals surface area contributed by atoms with Crippen molar-refractivity contribution in [2.24, 2.45) is 0 Å². The topological polar surface area (TPSA) is 74.3 Å². The standard InChI is InChI=1S/C16H17FN4O2/c1-21(2)15(22)14-9-13(7-8-18-14)20-16(23)19-10-11-3-5-12(17)6-4-11/h3-9H,10H2,1-2H3,(H2,18,19,20,23). The van der Waals surface area contributed by atoms with Gasteiger partial charge in [-0.2, -0.15) is 0 Å². The van der Waals surface area contributed by atoms with Gasteiger partial charge in [0, 0.05) is 32.5 Å². The molecule has 0 spiro atoms. The second kappa shape index (κ2) is 7.35. The van der Waals surface area contributed by atoms with Gasteiger partial charge in [-0.1, -0.05) is 12.1 Å². The van der Waals surface area contributed by atoms with Gasteiger partial charge >= 0.3 is 6.03 Å². The van der Waals surface area contributed by atoms with Crippen LogP contribution in [0.2, 0.25) is 0 Å². The van der Waals surface area contributed by atoms with Crippen LogP contribution in [0.1, 0.15) is 16.1 Å². The Morgan fingerprint density at radius 2 is 1.87 bits per heavy atom. The lowest BCUT2D eigenvalue weighted by Gasteiger charge is -2.11. The molecule has 3 amide bonds. The van der Waals surface area contributed by atoms with Gasteiger partial charge in [-0.25, -0.2) is 9.18 Å². The van der Waals surface area contributed by atoms with Crippen LogP contribution in [0.4, 0.5) is 14.9 Å². The Balaban J connectivity index is 1.93. The fraction of sp³-hybridized carbons (Fsp3) is 0.188. The van der Waals surface area contributed by atoms with Crippen LogP contribution >= 0.6 is 0 Å². The molecule has 2 rings (SSSR count). The molecule has 23 heavy (non-hydrogen) atoms. The minimum Gasteiger partial charge on any atom is -0.343 e. The summed E-state index contributed by atoms with van der Waals surface area (Å²) in [5.41, 5.74) is 1.48. The summed E-state index contributed by atoms with van der Waals surface area (Å²) in [6.07, 6.45) is 1.45. The highest BCUT2D eigenvalue weighted by Crippen LogP contribution is 2.09. The number of urea groups is 1. The predicted octanol–water partition coefficient (Wildman–Crippen LogP) is 2.24. The lowest BCUT2D eigenvalue weighted by atomic mass is 10.2. The molecule has 0 bridgehead atoms. The molecule has 2 N–H and O–H groups in total. The lowest BCUT2D eigenvalue weighted by Crippen LogP contribution is -2.28. The van der Waals surface area contributed by atoms with E-state index in [4.69, 9.17) is 0 Å². The number of hydrogen-bond acceptors (Lipinski definition) is 3. The Kier molecular flexibility index (Phi) is 5.24. The molecule has 0 atom stereocenters. The number of rotatable bonds is 4. The summed E-state index contributed by atoms with van der Waals surface area (Å²) in [4.78, 5) is 29.1. The average Bonchev–Trinajstić information content (AvgIpc) is 2.53. The van der Waals surface area contributed by atoms with Crippen LogP contribution in [-0.4, -0.2) is 35.9 Å². The van der Waals surface area contributed by atoms with Gasteiger partial charge in [-0.3, -0.25) is 9.78 Å². The molecule has 0 unspecified atom stereocenters. The highest BCUT2D eigenvalue weighted by molar-refractivity contribution is 5.95. The summed E-state index contributed by atoms with van der Waals surface area (Å²) in [7, 11) is 3.25. The maximum absolute atomic E-state index is 12.8. The SMILES string of the molecule is CN(C)C(=O)c1cc(NC(=O)NCc2ccc(F)cc2)ccn1. The van der Waals surface area contributed by atoms with Crippen LogP contribution in [0.15, 0.2) is 42.6 Å². The molecule has 0 aliphatic rings. The van der Waals surface area contributed by atoms with Gasteiger partial charge in [-0.05, 0) is 29.8 Å². The Hall–Kier alpha value is -2.96. The summed E-state index contributed by atoms with van der Waals surface area (Å²) in [6, 6.07) is 8.51. The van der Waals surface area contributed by atoms with Crippen LogP contribution in [-0.2, 0) is 6.54 Å². The summed E-state index contributed by atoms with van der Waals surface area (Å²) in [5.74, 6) is -0.576. The predicted molar refractivity (Wildman–Crippen MR) is 84.5 cm³/mol. The van der Waals surface area contributed by atoms with Crippen molar-refractivity contribution in [2.75, 3.05) is 19.4 Å². The zero-order valence-electron chi connectivity index (χ0n) is 12.8. The summed E-state index contributed by atoms with van der Waals surface area (Å²) in [5, 5.41) is 5.27. The second-order valence-corrected chi connectivity index (χ2v) is 5.06. The third kappa shape index (κ3) is 4.77. The summed E-state index contributed by atoms with van der Waals surface area (Å²) in [6.45, 7) is 0.265. The number of benzene rings is 1. The highest BCUT2D eigenvalue weighted by Gasteiger charge is 2.11. The van der Waals surface area contributed by atoms with Crippen molar-refractivity contribution in [3.8, 4) is 0 Å². The highest BCUT2D eigenvalue weighted by atomic mass is 19.1. The van der Waals surface area contributed by atoms with Crippen molar-refractivity contribution < 1.29 is 14.0 Å². The first kappa shape index (κ1) is 16.4. The van der Waals surface area contributed by atoms with Crippen molar-refractivity contribution in [3.05, 3.63) is 59.7 Å². The molecule has 7 heteroatoms. The largest absolute Gasteiger partial charge is 0.343 e. The molecule has 1 heterocycles. The third-order valence-electron chi connectivity index (χ3n) is 3.01. The number of carbonyl (C=O) groups excluding carboxylic acids is 2. The molecule has 2 aromatic rings. The lowest BCUT2D eigenvalue weighted by molar-refractivity contribution is 0.0822. The van der Waals surface area contributed by atoms with Gasteiger partial charge in [0.2, 0.25) is 0 Å². The van der Waals surface area contributed by atoms with E-state index in [2.05, 4.69) is 15.6 Å². The number of amides is 3. The van der Waals surface area contributed by atoms with Gasteiger partial charge in [-0.15, -0.1) is 0 Å². The van der Waals surface area contributed by atoms with Crippen LogP contribution < -0.4 is 10.6 Å². The maximum Gasteiger partial charge on any atom is 0.319 e. The van der Waals surface area contributed by atoms with E-state index in [0.717, 1.165) is 5.56 Å². The van der Waals surface area contributed by atoms with Gasteiger partial charge in [0.25, 0.3) is 5.91 Å². The molecular formula is C16H17FN4O2. The number of anilines is 1. The number of pyridine rings is 1. The minimum atomic E-state index is -0.427. The fourth-order valence-electron chi connectivity index (χ4n) is 1.81.